The summed E-state index contributed by atoms with van der Waals surface area (Å²) in [6.45, 7) is 12.5. The number of aliphatic hydroxyl groups is 1. The first-order valence-electron chi connectivity index (χ1n) is 14.1. The van der Waals surface area contributed by atoms with E-state index in [4.69, 9.17) is 9.47 Å². The van der Waals surface area contributed by atoms with Crippen LogP contribution in [0.5, 0.6) is 0 Å². The number of carbonyl (C=O) groups excluding carboxylic acids is 2. The van der Waals surface area contributed by atoms with Crippen molar-refractivity contribution >= 4 is 55.2 Å². The molecule has 0 amide bonds. The summed E-state index contributed by atoms with van der Waals surface area (Å²) < 4.78 is 15.2. The zero-order valence-electron chi connectivity index (χ0n) is 26.1. The van der Waals surface area contributed by atoms with Gasteiger partial charge >= 0.3 is 11.9 Å². The van der Waals surface area contributed by atoms with Gasteiger partial charge in [0.05, 0.1) is 44.1 Å². The van der Waals surface area contributed by atoms with Gasteiger partial charge in [-0.3, -0.25) is 4.79 Å². The normalized spacial score (nSPS) is 19.1. The van der Waals surface area contributed by atoms with Crippen LogP contribution in [0.15, 0.2) is 60.7 Å². The largest absolute Gasteiger partial charge is 0.468 e. The van der Waals surface area contributed by atoms with Crippen molar-refractivity contribution in [2.75, 3.05) is 36.3 Å². The molecule has 0 aromatic heterocycles. The van der Waals surface area contributed by atoms with E-state index >= 15 is 0 Å². The van der Waals surface area contributed by atoms with Crippen LogP contribution in [-0.2, 0) is 23.8 Å². The van der Waals surface area contributed by atoms with Crippen molar-refractivity contribution in [1.82, 2.24) is 0 Å². The lowest BCUT2D eigenvalue weighted by Crippen LogP contribution is -2.61. The number of esters is 2. The number of ether oxygens (including phenoxy) is 3. The molecule has 8 nitrogen and oxygen atoms in total. The van der Waals surface area contributed by atoms with E-state index < -0.39 is 17.3 Å². The lowest BCUT2D eigenvalue weighted by Gasteiger charge is -2.49. The monoisotopic (exact) mass is 714 g/mol. The number of morpholine rings is 1. The van der Waals surface area contributed by atoms with Gasteiger partial charge in [-0.1, -0.05) is 82.1 Å². The fraction of sp³-hybridized carbons (Fsp3) is 0.562. The van der Waals surface area contributed by atoms with Gasteiger partial charge in [0.15, 0.2) is 6.10 Å². The fourth-order valence-electron chi connectivity index (χ4n) is 4.74. The second-order valence-corrected chi connectivity index (χ2v) is 12.7. The van der Waals surface area contributed by atoms with E-state index in [1.54, 1.807) is 0 Å². The topological polar surface area (TPSA) is 97.3 Å². The summed E-state index contributed by atoms with van der Waals surface area (Å²) >= 11 is 6.19. The Morgan fingerprint density at radius 2 is 1.62 bits per heavy atom. The number of methoxy groups -OCH3 is 2. The molecule has 2 aromatic rings. The number of anilines is 2. The number of nitrogens with one attached hydrogen (secondary N) is 1. The van der Waals surface area contributed by atoms with E-state index in [2.05, 4.69) is 72.8 Å². The van der Waals surface area contributed by atoms with Gasteiger partial charge in [-0.05, 0) is 64.8 Å². The maximum Gasteiger partial charge on any atom is 0.336 e. The number of nitrogens with zero attached hydrogens (tertiary/aromatic N) is 1. The van der Waals surface area contributed by atoms with E-state index in [9.17, 15) is 14.7 Å². The molecule has 1 fully saturated rings. The first-order valence-corrected chi connectivity index (χ1v) is 16.2. The minimum Gasteiger partial charge on any atom is -0.468 e. The molecule has 0 bridgehead atoms. The zero-order valence-corrected chi connectivity index (χ0v) is 29.3. The van der Waals surface area contributed by atoms with Crippen LogP contribution in [0, 0.1) is 0 Å². The van der Waals surface area contributed by atoms with Crippen molar-refractivity contribution in [2.24, 2.45) is 0 Å². The molecule has 1 saturated heterocycles. The second-order valence-electron chi connectivity index (χ2n) is 10.9. The maximum absolute atomic E-state index is 11.9. The maximum atomic E-state index is 11.9. The second kappa shape index (κ2) is 18.5. The summed E-state index contributed by atoms with van der Waals surface area (Å²) in [6.07, 6.45) is 1.31. The molecular formula is C32H48Br2N2O6. The van der Waals surface area contributed by atoms with Crippen molar-refractivity contribution in [2.45, 2.75) is 88.6 Å². The average molecular weight is 717 g/mol. The Labute approximate surface area is 268 Å². The molecule has 1 heterocycles. The Kier molecular flexibility index (Phi) is 16.7. The molecule has 42 heavy (non-hydrogen) atoms. The van der Waals surface area contributed by atoms with Crippen LogP contribution in [0.4, 0.5) is 11.4 Å². The predicted octanol–water partition coefficient (Wildman–Crippen LogP) is 6.59. The van der Waals surface area contributed by atoms with E-state index in [0.29, 0.717) is 11.9 Å². The van der Waals surface area contributed by atoms with Crippen molar-refractivity contribution in [3.8, 4) is 0 Å². The molecule has 4 unspecified atom stereocenters. The Hall–Kier alpha value is -2.14. The molecule has 1 aliphatic rings. The van der Waals surface area contributed by atoms with Crippen molar-refractivity contribution in [3.05, 3.63) is 60.7 Å². The van der Waals surface area contributed by atoms with Crippen LogP contribution in [0.2, 0.25) is 0 Å². The van der Waals surface area contributed by atoms with Gasteiger partial charge in [-0.15, -0.1) is 0 Å². The Bertz CT molecular complexity index is 1050. The zero-order chi connectivity index (χ0) is 31.9. The summed E-state index contributed by atoms with van der Waals surface area (Å²) in [5.41, 5.74) is 1.08. The quantitative estimate of drug-likeness (QED) is 0.222. The summed E-state index contributed by atoms with van der Waals surface area (Å²) in [7, 11) is 2.76. The molecule has 1 aliphatic heterocycles. The molecule has 10 heteroatoms. The van der Waals surface area contributed by atoms with Crippen LogP contribution in [-0.4, -0.2) is 77.4 Å². The number of alkyl halides is 2. The minimum absolute atomic E-state index is 0.0879. The van der Waals surface area contributed by atoms with Crippen LogP contribution in [0.1, 0.15) is 54.4 Å². The van der Waals surface area contributed by atoms with Gasteiger partial charge < -0.3 is 29.5 Å². The highest BCUT2D eigenvalue weighted by Gasteiger charge is 2.44. The summed E-state index contributed by atoms with van der Waals surface area (Å²) in [4.78, 5) is 24.3. The van der Waals surface area contributed by atoms with Crippen LogP contribution >= 0.6 is 31.9 Å². The standard InChI is InChI=1S/C16H23NO3.C12H19NO.C4H6Br2O2/c1-5-14-16(2,3)20-13(15(18)19-4)11-17(14)12-9-7-6-8-10-12;1-4-11(12(2,3)14)13-10-8-6-5-7-9-10;1-8-4(7)3(6)2-5/h6-10,13-14H,5,11H2,1-4H3;5-9,11,13-14H,4H2,1-3H3;3H,2H2,1H3. The molecule has 0 spiro atoms. The summed E-state index contributed by atoms with van der Waals surface area (Å²) in [5.74, 6) is -0.560. The molecule has 0 aliphatic carbocycles. The van der Waals surface area contributed by atoms with Crippen LogP contribution in [0.3, 0.4) is 0 Å². The smallest absolute Gasteiger partial charge is 0.336 e. The number of hydrogen-bond donors (Lipinski definition) is 2. The number of para-hydroxylation sites is 2. The average Bonchev–Trinajstić information content (AvgIpc) is 2.98. The van der Waals surface area contributed by atoms with Gasteiger partial charge in [0.1, 0.15) is 4.83 Å². The Morgan fingerprint density at radius 1 is 1.07 bits per heavy atom. The van der Waals surface area contributed by atoms with E-state index in [-0.39, 0.29) is 28.8 Å². The highest BCUT2D eigenvalue weighted by atomic mass is 79.9. The number of rotatable bonds is 9. The Balaban J connectivity index is 0.000000349. The SMILES string of the molecule is CCC(Nc1ccccc1)C(C)(C)O.CCC1N(c2ccccc2)CC(C(=O)OC)OC1(C)C.COC(=O)C(Br)CBr. The van der Waals surface area contributed by atoms with Gasteiger partial charge in [-0.2, -0.15) is 0 Å². The van der Waals surface area contributed by atoms with Gasteiger partial charge in [0.25, 0.3) is 0 Å². The van der Waals surface area contributed by atoms with Gasteiger partial charge in [0.2, 0.25) is 0 Å². The number of halogens is 2. The Morgan fingerprint density at radius 3 is 2.02 bits per heavy atom. The first-order chi connectivity index (χ1) is 19.7. The van der Waals surface area contributed by atoms with Crippen molar-refractivity contribution < 1.29 is 28.9 Å². The number of benzene rings is 2. The molecule has 4 atom stereocenters. The molecule has 0 saturated carbocycles. The summed E-state index contributed by atoms with van der Waals surface area (Å²) in [5, 5.41) is 13.8. The highest BCUT2D eigenvalue weighted by Crippen LogP contribution is 2.33. The lowest BCUT2D eigenvalue weighted by molar-refractivity contribution is -0.172. The van der Waals surface area contributed by atoms with Crippen LogP contribution in [0.25, 0.3) is 0 Å². The molecular weight excluding hydrogens is 668 g/mol. The van der Waals surface area contributed by atoms with E-state index in [0.717, 1.165) is 24.2 Å². The number of carbonyl (C=O) groups is 2. The summed E-state index contributed by atoms with van der Waals surface area (Å²) in [6, 6.07) is 20.4. The fourth-order valence-corrected chi connectivity index (χ4v) is 5.19. The minimum atomic E-state index is -0.690. The lowest BCUT2D eigenvalue weighted by atomic mass is 9.91. The molecule has 2 aromatic carbocycles. The predicted molar refractivity (Wildman–Crippen MR) is 178 cm³/mol. The highest BCUT2D eigenvalue weighted by molar-refractivity contribution is 9.12. The van der Waals surface area contributed by atoms with Gasteiger partial charge in [-0.25, -0.2) is 4.79 Å². The van der Waals surface area contributed by atoms with Gasteiger partial charge in [0, 0.05) is 16.7 Å². The van der Waals surface area contributed by atoms with Crippen molar-refractivity contribution in [3.63, 3.8) is 0 Å². The molecule has 2 N–H and O–H groups in total. The molecule has 236 valence electrons. The third-order valence-electron chi connectivity index (χ3n) is 6.89. The number of hydrogen-bond acceptors (Lipinski definition) is 8. The molecule has 3 rings (SSSR count). The van der Waals surface area contributed by atoms with Crippen molar-refractivity contribution in [1.29, 1.82) is 0 Å². The van der Waals surface area contributed by atoms with E-state index in [1.165, 1.54) is 14.2 Å². The molecule has 0 radical (unpaired) electrons. The third-order valence-corrected chi connectivity index (χ3v) is 9.11. The first kappa shape index (κ1) is 37.9. The van der Waals surface area contributed by atoms with Crippen LogP contribution < -0.4 is 10.2 Å². The third kappa shape index (κ3) is 12.2. The van der Waals surface area contributed by atoms with E-state index in [1.807, 2.05) is 76.2 Å².